The zero-order valence-corrected chi connectivity index (χ0v) is 18.6. The molecule has 0 aromatic heterocycles. The number of nitrogens with zero attached hydrogens (tertiary/aromatic N) is 3. The second kappa shape index (κ2) is 9.80. The normalized spacial score (nSPS) is 18.6. The van der Waals surface area contributed by atoms with E-state index in [1.165, 1.54) is 0 Å². The van der Waals surface area contributed by atoms with Gasteiger partial charge in [-0.2, -0.15) is 0 Å². The molecular formula is C24H30N4O4. The van der Waals surface area contributed by atoms with E-state index >= 15 is 0 Å². The summed E-state index contributed by atoms with van der Waals surface area (Å²) < 4.78 is 10.9. The van der Waals surface area contributed by atoms with Crippen LogP contribution in [0.3, 0.4) is 0 Å². The number of hydrogen-bond donors (Lipinski definition) is 1. The summed E-state index contributed by atoms with van der Waals surface area (Å²) in [4.78, 5) is 31.1. The van der Waals surface area contributed by atoms with E-state index in [1.54, 1.807) is 12.0 Å². The van der Waals surface area contributed by atoms with Gasteiger partial charge < -0.3 is 29.5 Å². The van der Waals surface area contributed by atoms with Crippen molar-refractivity contribution in [2.24, 2.45) is 0 Å². The van der Waals surface area contributed by atoms with Crippen molar-refractivity contribution in [1.29, 1.82) is 0 Å². The molecule has 0 bridgehead atoms. The number of methoxy groups -OCH3 is 1. The number of urea groups is 1. The summed E-state index contributed by atoms with van der Waals surface area (Å²) in [7, 11) is 1.67. The summed E-state index contributed by atoms with van der Waals surface area (Å²) in [6.45, 7) is 5.71. The molecule has 8 heteroatoms. The number of ether oxygens (including phenoxy) is 2. The molecule has 32 heavy (non-hydrogen) atoms. The van der Waals surface area contributed by atoms with Crippen molar-refractivity contribution in [3.8, 4) is 11.5 Å². The number of hydrogen-bond acceptors (Lipinski definition) is 5. The van der Waals surface area contributed by atoms with E-state index in [-0.39, 0.29) is 18.0 Å². The van der Waals surface area contributed by atoms with E-state index in [2.05, 4.69) is 10.2 Å². The van der Waals surface area contributed by atoms with E-state index in [9.17, 15) is 9.59 Å². The molecule has 2 fully saturated rings. The highest BCUT2D eigenvalue weighted by molar-refractivity contribution is 5.96. The number of rotatable bonds is 6. The van der Waals surface area contributed by atoms with Crippen molar-refractivity contribution < 1.29 is 19.1 Å². The van der Waals surface area contributed by atoms with Gasteiger partial charge in [0.25, 0.3) is 0 Å². The Bertz CT molecular complexity index is 941. The SMILES string of the molecule is CCOc1ccc(N2C[C@H](NC(=O)N3CCN(c4ccccc4OC)CC3)CC2=O)cc1. The van der Waals surface area contributed by atoms with Gasteiger partial charge in [0.05, 0.1) is 25.4 Å². The molecule has 2 aliphatic rings. The lowest BCUT2D eigenvalue weighted by molar-refractivity contribution is -0.117. The molecule has 2 aliphatic heterocycles. The summed E-state index contributed by atoms with van der Waals surface area (Å²) >= 11 is 0. The maximum Gasteiger partial charge on any atom is 0.317 e. The fourth-order valence-electron chi connectivity index (χ4n) is 4.25. The van der Waals surface area contributed by atoms with Gasteiger partial charge in [0, 0.05) is 44.8 Å². The fourth-order valence-corrected chi connectivity index (χ4v) is 4.25. The van der Waals surface area contributed by atoms with Crippen LogP contribution in [0.5, 0.6) is 11.5 Å². The zero-order chi connectivity index (χ0) is 22.5. The van der Waals surface area contributed by atoms with Gasteiger partial charge in [-0.05, 0) is 43.3 Å². The van der Waals surface area contributed by atoms with Gasteiger partial charge in [-0.3, -0.25) is 4.79 Å². The Balaban J connectivity index is 1.30. The molecule has 2 aromatic rings. The van der Waals surface area contributed by atoms with E-state index in [0.29, 0.717) is 32.7 Å². The van der Waals surface area contributed by atoms with Gasteiger partial charge in [0.15, 0.2) is 0 Å². The largest absolute Gasteiger partial charge is 0.495 e. The van der Waals surface area contributed by atoms with Gasteiger partial charge in [-0.25, -0.2) is 4.79 Å². The lowest BCUT2D eigenvalue weighted by atomic mass is 10.2. The quantitative estimate of drug-likeness (QED) is 0.751. The standard InChI is InChI=1S/C24H30N4O4/c1-3-32-20-10-8-19(9-11-20)28-17-18(16-23(28)29)25-24(30)27-14-12-26(13-15-27)21-6-4-5-7-22(21)31-2/h4-11,18H,3,12-17H2,1-2H3,(H,25,30)/t18-/m1/s1. The van der Waals surface area contributed by atoms with Crippen LogP contribution in [0.1, 0.15) is 13.3 Å². The van der Waals surface area contributed by atoms with E-state index in [4.69, 9.17) is 9.47 Å². The molecule has 1 N–H and O–H groups in total. The van der Waals surface area contributed by atoms with Gasteiger partial charge in [0.2, 0.25) is 5.91 Å². The predicted molar refractivity (Wildman–Crippen MR) is 124 cm³/mol. The first-order valence-corrected chi connectivity index (χ1v) is 11.1. The van der Waals surface area contributed by atoms with Gasteiger partial charge in [0.1, 0.15) is 11.5 Å². The Morgan fingerprint density at radius 3 is 2.47 bits per heavy atom. The maximum atomic E-state index is 12.8. The summed E-state index contributed by atoms with van der Waals surface area (Å²) in [5.74, 6) is 1.63. The Hall–Kier alpha value is -3.42. The van der Waals surface area contributed by atoms with Crippen LogP contribution >= 0.6 is 0 Å². The van der Waals surface area contributed by atoms with Crippen LogP contribution in [0.25, 0.3) is 0 Å². The first-order chi connectivity index (χ1) is 15.6. The van der Waals surface area contributed by atoms with Crippen molar-refractivity contribution in [2.75, 3.05) is 56.2 Å². The Kier molecular flexibility index (Phi) is 6.68. The number of nitrogens with one attached hydrogen (secondary N) is 1. The third-order valence-corrected chi connectivity index (χ3v) is 5.90. The van der Waals surface area contributed by atoms with Crippen LogP contribution in [0.15, 0.2) is 48.5 Å². The minimum absolute atomic E-state index is 0.0143. The lowest BCUT2D eigenvalue weighted by Crippen LogP contribution is -2.54. The molecule has 3 amide bonds. The number of carbonyl (C=O) groups is 2. The average Bonchev–Trinajstić information content (AvgIpc) is 3.19. The molecule has 0 saturated carbocycles. The smallest absolute Gasteiger partial charge is 0.317 e. The van der Waals surface area contributed by atoms with Crippen LogP contribution in [0.2, 0.25) is 0 Å². The molecule has 1 atom stereocenters. The molecule has 170 valence electrons. The Morgan fingerprint density at radius 2 is 1.78 bits per heavy atom. The van der Waals surface area contributed by atoms with E-state index in [1.807, 2.05) is 60.4 Å². The third-order valence-electron chi connectivity index (χ3n) is 5.90. The van der Waals surface area contributed by atoms with Crippen molar-refractivity contribution >= 4 is 23.3 Å². The van der Waals surface area contributed by atoms with E-state index in [0.717, 1.165) is 36.0 Å². The van der Waals surface area contributed by atoms with Crippen LogP contribution in [-0.4, -0.2) is 69.3 Å². The number of piperazine rings is 1. The highest BCUT2D eigenvalue weighted by atomic mass is 16.5. The molecule has 8 nitrogen and oxygen atoms in total. The van der Waals surface area contributed by atoms with Crippen LogP contribution in [0, 0.1) is 0 Å². The van der Waals surface area contributed by atoms with Crippen molar-refractivity contribution in [1.82, 2.24) is 10.2 Å². The molecule has 4 rings (SSSR count). The van der Waals surface area contributed by atoms with Crippen molar-refractivity contribution in [2.45, 2.75) is 19.4 Å². The topological polar surface area (TPSA) is 74.3 Å². The van der Waals surface area contributed by atoms with Crippen LogP contribution in [0.4, 0.5) is 16.2 Å². The van der Waals surface area contributed by atoms with Gasteiger partial charge in [-0.15, -0.1) is 0 Å². The molecule has 2 saturated heterocycles. The highest BCUT2D eigenvalue weighted by Crippen LogP contribution is 2.28. The molecule has 2 aromatic carbocycles. The summed E-state index contributed by atoms with van der Waals surface area (Å²) in [6.07, 6.45) is 0.306. The van der Waals surface area contributed by atoms with Crippen LogP contribution in [-0.2, 0) is 4.79 Å². The first kappa shape index (κ1) is 21.8. The van der Waals surface area contributed by atoms with Crippen molar-refractivity contribution in [3.05, 3.63) is 48.5 Å². The van der Waals surface area contributed by atoms with Gasteiger partial charge in [-0.1, -0.05) is 12.1 Å². The first-order valence-electron chi connectivity index (χ1n) is 11.1. The van der Waals surface area contributed by atoms with Gasteiger partial charge >= 0.3 is 6.03 Å². The van der Waals surface area contributed by atoms with E-state index < -0.39 is 0 Å². The second-order valence-electron chi connectivity index (χ2n) is 7.93. The number of carbonyl (C=O) groups excluding carboxylic acids is 2. The third kappa shape index (κ3) is 4.74. The number of anilines is 2. The summed E-state index contributed by atoms with van der Waals surface area (Å²) in [6, 6.07) is 15.1. The molecule has 0 unspecified atom stereocenters. The summed E-state index contributed by atoms with van der Waals surface area (Å²) in [5.41, 5.74) is 1.86. The highest BCUT2D eigenvalue weighted by Gasteiger charge is 2.33. The summed E-state index contributed by atoms with van der Waals surface area (Å²) in [5, 5.41) is 3.04. The molecular weight excluding hydrogens is 408 g/mol. The minimum Gasteiger partial charge on any atom is -0.495 e. The molecule has 0 spiro atoms. The zero-order valence-electron chi connectivity index (χ0n) is 18.6. The molecule has 0 aliphatic carbocycles. The van der Waals surface area contributed by atoms with Crippen LogP contribution < -0.4 is 24.6 Å². The second-order valence-corrected chi connectivity index (χ2v) is 7.93. The Labute approximate surface area is 188 Å². The average molecular weight is 439 g/mol. The van der Waals surface area contributed by atoms with Crippen molar-refractivity contribution in [3.63, 3.8) is 0 Å². The maximum absolute atomic E-state index is 12.8. The fraction of sp³-hybridized carbons (Fsp3) is 0.417. The number of amides is 3. The Morgan fingerprint density at radius 1 is 1.06 bits per heavy atom. The molecule has 2 heterocycles. The monoisotopic (exact) mass is 438 g/mol. The number of para-hydroxylation sites is 2. The lowest BCUT2D eigenvalue weighted by Gasteiger charge is -2.37. The molecule has 0 radical (unpaired) electrons. The minimum atomic E-state index is -0.200. The number of benzene rings is 2. The predicted octanol–water partition coefficient (Wildman–Crippen LogP) is 2.73.